The predicted octanol–water partition coefficient (Wildman–Crippen LogP) is 4.78. The first-order chi connectivity index (χ1) is 12.4. The van der Waals surface area contributed by atoms with Crippen molar-refractivity contribution in [1.29, 1.82) is 0 Å². The second-order valence-electron chi connectivity index (χ2n) is 6.48. The number of phenols is 1. The fourth-order valence-electron chi connectivity index (χ4n) is 2.76. The summed E-state index contributed by atoms with van der Waals surface area (Å²) in [5.74, 6) is 0.653. The maximum absolute atomic E-state index is 12.4. The van der Waals surface area contributed by atoms with Gasteiger partial charge in [0.1, 0.15) is 11.5 Å². The minimum Gasteiger partial charge on any atom is -0.507 e. The zero-order valence-corrected chi connectivity index (χ0v) is 15.9. The van der Waals surface area contributed by atoms with Gasteiger partial charge >= 0.3 is 0 Å². The van der Waals surface area contributed by atoms with Gasteiger partial charge in [-0.05, 0) is 80.3 Å². The topological polar surface area (TPSA) is 72.5 Å². The molecule has 0 heterocycles. The van der Waals surface area contributed by atoms with Crippen LogP contribution >= 0.6 is 0 Å². The largest absolute Gasteiger partial charge is 0.507 e. The van der Waals surface area contributed by atoms with Crippen LogP contribution in [-0.4, -0.2) is 17.0 Å². The number of hydrogen-bond acceptors (Lipinski definition) is 4. The van der Waals surface area contributed by atoms with E-state index in [9.17, 15) is 9.90 Å². The number of aryl methyl sites for hydroxylation is 2. The third kappa shape index (κ3) is 4.45. The molecule has 3 N–H and O–H groups in total. The van der Waals surface area contributed by atoms with Crippen LogP contribution in [0.3, 0.4) is 0 Å². The molecule has 138 valence electrons. The van der Waals surface area contributed by atoms with Crippen LogP contribution in [0.1, 0.15) is 54.7 Å². The van der Waals surface area contributed by atoms with Crippen molar-refractivity contribution < 1.29 is 14.6 Å². The molecule has 0 bridgehead atoms. The van der Waals surface area contributed by atoms with E-state index in [2.05, 4.69) is 0 Å². The molecule has 0 spiro atoms. The lowest BCUT2D eigenvalue weighted by Gasteiger charge is -2.19. The van der Waals surface area contributed by atoms with Crippen LogP contribution in [0.15, 0.2) is 36.4 Å². The second-order valence-corrected chi connectivity index (χ2v) is 6.48. The van der Waals surface area contributed by atoms with E-state index in [1.807, 2.05) is 33.8 Å². The van der Waals surface area contributed by atoms with Gasteiger partial charge in [-0.2, -0.15) is 0 Å². The van der Waals surface area contributed by atoms with Gasteiger partial charge in [0.25, 0.3) is 0 Å². The zero-order chi connectivity index (χ0) is 19.3. The van der Waals surface area contributed by atoms with E-state index < -0.39 is 0 Å². The lowest BCUT2D eigenvalue weighted by atomic mass is 9.98. The maximum atomic E-state index is 12.4. The summed E-state index contributed by atoms with van der Waals surface area (Å²) in [6.45, 7) is 7.92. The highest BCUT2D eigenvalue weighted by atomic mass is 16.5. The predicted molar refractivity (Wildman–Crippen MR) is 107 cm³/mol. The van der Waals surface area contributed by atoms with E-state index in [-0.39, 0.29) is 17.6 Å². The summed E-state index contributed by atoms with van der Waals surface area (Å²) in [5, 5.41) is 10.7. The number of carbonyl (C=O) groups is 1. The van der Waals surface area contributed by atoms with Crippen molar-refractivity contribution in [2.75, 3.05) is 5.73 Å². The van der Waals surface area contributed by atoms with E-state index in [4.69, 9.17) is 10.5 Å². The van der Waals surface area contributed by atoms with Crippen LogP contribution < -0.4 is 10.5 Å². The molecular weight excluding hydrogens is 326 g/mol. The van der Waals surface area contributed by atoms with Crippen molar-refractivity contribution in [3.05, 3.63) is 58.7 Å². The molecule has 0 saturated carbocycles. The summed E-state index contributed by atoms with van der Waals surface area (Å²) in [7, 11) is 0. The first-order valence-electron chi connectivity index (χ1n) is 8.99. The quantitative estimate of drug-likeness (QED) is 0.427. The van der Waals surface area contributed by atoms with E-state index in [1.165, 1.54) is 6.08 Å². The van der Waals surface area contributed by atoms with Gasteiger partial charge in [0.2, 0.25) is 0 Å². The number of hydrogen-bond donors (Lipinski definition) is 2. The van der Waals surface area contributed by atoms with Crippen LogP contribution in [0.2, 0.25) is 0 Å². The molecule has 0 aromatic heterocycles. The third-order valence-electron chi connectivity index (χ3n) is 4.16. The molecule has 0 amide bonds. The highest BCUT2D eigenvalue weighted by molar-refractivity contribution is 6.07. The van der Waals surface area contributed by atoms with Crippen LogP contribution in [0, 0.1) is 0 Å². The molecule has 0 saturated heterocycles. The number of anilines is 1. The average molecular weight is 353 g/mol. The fourth-order valence-corrected chi connectivity index (χ4v) is 2.76. The molecule has 0 atom stereocenters. The van der Waals surface area contributed by atoms with Crippen molar-refractivity contribution in [1.82, 2.24) is 0 Å². The normalized spacial score (nSPS) is 11.3. The molecule has 2 rings (SSSR count). The zero-order valence-electron chi connectivity index (χ0n) is 15.9. The summed E-state index contributed by atoms with van der Waals surface area (Å²) in [4.78, 5) is 12.4. The number of ether oxygens (including phenoxy) is 1. The Morgan fingerprint density at radius 2 is 1.77 bits per heavy atom. The highest BCUT2D eigenvalue weighted by Gasteiger charge is 2.17. The number of aromatic hydroxyl groups is 1. The molecule has 26 heavy (non-hydrogen) atoms. The summed E-state index contributed by atoms with van der Waals surface area (Å²) >= 11 is 0. The fraction of sp³-hybridized carbons (Fsp3) is 0.318. The Hall–Kier alpha value is -2.75. The van der Waals surface area contributed by atoms with Crippen molar-refractivity contribution in [2.24, 2.45) is 0 Å². The Kier molecular flexibility index (Phi) is 6.45. The number of phenolic OH excluding ortho intramolecular Hbond substituents is 1. The van der Waals surface area contributed by atoms with E-state index in [0.29, 0.717) is 29.0 Å². The molecular formula is C22H27NO3. The molecule has 0 aliphatic heterocycles. The van der Waals surface area contributed by atoms with E-state index in [1.54, 1.807) is 30.3 Å². The number of ketones is 1. The standard InChI is InChI=1S/C22H27NO3/c1-5-15-13-16(6-2)22(26-14(3)4)19(21(15)25)11-12-20(24)17-7-9-18(23)10-8-17/h7-14,25H,5-6,23H2,1-4H3. The molecule has 2 aromatic rings. The first-order valence-corrected chi connectivity index (χ1v) is 8.99. The lowest BCUT2D eigenvalue weighted by molar-refractivity contribution is 0.104. The van der Waals surface area contributed by atoms with Gasteiger partial charge in [-0.25, -0.2) is 0 Å². The number of nitrogen functional groups attached to an aromatic ring is 1. The Balaban J connectivity index is 2.48. The van der Waals surface area contributed by atoms with Crippen LogP contribution in [0.25, 0.3) is 6.08 Å². The Morgan fingerprint density at radius 3 is 2.31 bits per heavy atom. The number of nitrogens with two attached hydrogens (primary N) is 1. The molecule has 0 radical (unpaired) electrons. The number of benzene rings is 2. The van der Waals surface area contributed by atoms with Crippen molar-refractivity contribution >= 4 is 17.5 Å². The van der Waals surface area contributed by atoms with Gasteiger partial charge in [0.05, 0.1) is 11.7 Å². The average Bonchev–Trinajstić information content (AvgIpc) is 2.61. The molecule has 2 aromatic carbocycles. The Bertz CT molecular complexity index is 805. The van der Waals surface area contributed by atoms with Gasteiger partial charge in [0.15, 0.2) is 5.78 Å². The summed E-state index contributed by atoms with van der Waals surface area (Å²) in [5.41, 5.74) is 9.24. The maximum Gasteiger partial charge on any atom is 0.185 e. The molecule has 0 unspecified atom stereocenters. The SMILES string of the molecule is CCc1cc(CC)c(OC(C)C)c(C=CC(=O)c2ccc(N)cc2)c1O. The van der Waals surface area contributed by atoms with Gasteiger partial charge in [0, 0.05) is 11.3 Å². The monoisotopic (exact) mass is 353 g/mol. The molecule has 0 aliphatic carbocycles. The lowest BCUT2D eigenvalue weighted by Crippen LogP contribution is -2.09. The summed E-state index contributed by atoms with van der Waals surface area (Å²) in [6, 6.07) is 8.74. The van der Waals surface area contributed by atoms with E-state index >= 15 is 0 Å². The number of carbonyl (C=O) groups excluding carboxylic acids is 1. The molecule has 4 nitrogen and oxygen atoms in total. The molecule has 0 fully saturated rings. The van der Waals surface area contributed by atoms with Crippen molar-refractivity contribution in [3.8, 4) is 11.5 Å². The highest BCUT2D eigenvalue weighted by Crippen LogP contribution is 2.37. The van der Waals surface area contributed by atoms with Crippen molar-refractivity contribution in [2.45, 2.75) is 46.6 Å². The molecule has 4 heteroatoms. The van der Waals surface area contributed by atoms with Gasteiger partial charge in [-0.15, -0.1) is 0 Å². The third-order valence-corrected chi connectivity index (χ3v) is 4.16. The van der Waals surface area contributed by atoms with E-state index in [0.717, 1.165) is 17.5 Å². The van der Waals surface area contributed by atoms with Gasteiger partial charge < -0.3 is 15.6 Å². The minimum absolute atomic E-state index is 0.0351. The number of allylic oxidation sites excluding steroid dienone is 1. The first kappa shape index (κ1) is 19.6. The van der Waals surface area contributed by atoms with Gasteiger partial charge in [-0.3, -0.25) is 4.79 Å². The van der Waals surface area contributed by atoms with Gasteiger partial charge in [-0.1, -0.05) is 13.8 Å². The van der Waals surface area contributed by atoms with Crippen molar-refractivity contribution in [3.63, 3.8) is 0 Å². The van der Waals surface area contributed by atoms with Crippen LogP contribution in [0.5, 0.6) is 11.5 Å². The number of rotatable bonds is 7. The van der Waals surface area contributed by atoms with Crippen LogP contribution in [-0.2, 0) is 12.8 Å². The Morgan fingerprint density at radius 1 is 1.15 bits per heavy atom. The smallest absolute Gasteiger partial charge is 0.185 e. The Labute approximate surface area is 155 Å². The summed E-state index contributed by atoms with van der Waals surface area (Å²) in [6.07, 6.45) is 4.55. The second kappa shape index (κ2) is 8.56. The molecule has 0 aliphatic rings. The minimum atomic E-state index is -0.153. The van der Waals surface area contributed by atoms with Crippen LogP contribution in [0.4, 0.5) is 5.69 Å². The summed E-state index contributed by atoms with van der Waals surface area (Å²) < 4.78 is 5.96.